The molecule has 1 unspecified atom stereocenters. The summed E-state index contributed by atoms with van der Waals surface area (Å²) in [5.41, 5.74) is 5.47. The highest BCUT2D eigenvalue weighted by atomic mass is 35.6. The number of rotatable bonds is 2. The number of halogens is 3. The summed E-state index contributed by atoms with van der Waals surface area (Å²) in [5, 5.41) is 0. The van der Waals surface area contributed by atoms with Crippen LogP contribution < -0.4 is 5.73 Å². The second kappa shape index (κ2) is 3.87. The van der Waals surface area contributed by atoms with E-state index in [4.69, 9.17) is 40.5 Å². The van der Waals surface area contributed by atoms with Crippen molar-refractivity contribution in [3.05, 3.63) is 0 Å². The van der Waals surface area contributed by atoms with Gasteiger partial charge in [0, 0.05) is 0 Å². The van der Waals surface area contributed by atoms with Crippen molar-refractivity contribution in [3.63, 3.8) is 0 Å². The quantitative estimate of drug-likeness (QED) is 0.665. The first kappa shape index (κ1) is 9.83. The zero-order valence-corrected chi connectivity index (χ0v) is 7.47. The van der Waals surface area contributed by atoms with Gasteiger partial charge >= 0.3 is 0 Å². The topological polar surface area (TPSA) is 26.0 Å². The molecular formula is C5H10Cl3N. The molecule has 0 radical (unpaired) electrons. The molecule has 9 heavy (non-hydrogen) atoms. The van der Waals surface area contributed by atoms with Gasteiger partial charge in [-0.25, -0.2) is 0 Å². The van der Waals surface area contributed by atoms with E-state index in [-0.39, 0.29) is 6.04 Å². The second-order valence-corrected chi connectivity index (χ2v) is 4.31. The van der Waals surface area contributed by atoms with Crippen molar-refractivity contribution in [1.29, 1.82) is 0 Å². The lowest BCUT2D eigenvalue weighted by Gasteiger charge is -2.18. The molecule has 0 aromatic carbocycles. The van der Waals surface area contributed by atoms with Crippen LogP contribution in [0.3, 0.4) is 0 Å². The Kier molecular flexibility index (Phi) is 4.22. The van der Waals surface area contributed by atoms with E-state index in [2.05, 4.69) is 0 Å². The molecule has 1 nitrogen and oxygen atoms in total. The third kappa shape index (κ3) is 4.26. The summed E-state index contributed by atoms with van der Waals surface area (Å²) in [6, 6.07) is -0.340. The Hall–Kier alpha value is 0.830. The van der Waals surface area contributed by atoms with Gasteiger partial charge in [0.2, 0.25) is 3.79 Å². The highest BCUT2D eigenvalue weighted by Crippen LogP contribution is 2.30. The summed E-state index contributed by atoms with van der Waals surface area (Å²) >= 11 is 16.4. The minimum Gasteiger partial charge on any atom is -0.324 e. The molecule has 0 spiro atoms. The summed E-state index contributed by atoms with van der Waals surface area (Å²) < 4.78 is -1.30. The minimum atomic E-state index is -1.30. The molecule has 0 fully saturated rings. The molecule has 0 aromatic rings. The van der Waals surface area contributed by atoms with Crippen molar-refractivity contribution < 1.29 is 0 Å². The van der Waals surface area contributed by atoms with Crippen LogP contribution in [0.15, 0.2) is 0 Å². The van der Waals surface area contributed by atoms with E-state index < -0.39 is 3.79 Å². The van der Waals surface area contributed by atoms with Gasteiger partial charge in [0.15, 0.2) is 0 Å². The zero-order chi connectivity index (χ0) is 7.49. The first-order valence-electron chi connectivity index (χ1n) is 2.80. The monoisotopic (exact) mass is 189 g/mol. The lowest BCUT2D eigenvalue weighted by Crippen LogP contribution is -2.34. The van der Waals surface area contributed by atoms with Crippen LogP contribution in [0.2, 0.25) is 0 Å². The van der Waals surface area contributed by atoms with Gasteiger partial charge in [-0.3, -0.25) is 0 Å². The molecule has 0 aromatic heterocycles. The van der Waals surface area contributed by atoms with Crippen molar-refractivity contribution >= 4 is 34.8 Å². The second-order valence-electron chi connectivity index (χ2n) is 1.94. The molecule has 0 rings (SSSR count). The number of hydrogen-bond acceptors (Lipinski definition) is 1. The molecule has 0 heterocycles. The summed E-state index contributed by atoms with van der Waals surface area (Å²) in [7, 11) is 0. The molecule has 0 saturated heterocycles. The predicted octanol–water partition coefficient (Wildman–Crippen LogP) is 2.48. The fraction of sp³-hybridized carbons (Fsp3) is 1.00. The van der Waals surface area contributed by atoms with Gasteiger partial charge < -0.3 is 5.73 Å². The first-order valence-corrected chi connectivity index (χ1v) is 3.94. The van der Waals surface area contributed by atoms with Crippen LogP contribution in [0.4, 0.5) is 0 Å². The van der Waals surface area contributed by atoms with Crippen molar-refractivity contribution in [3.8, 4) is 0 Å². The fourth-order valence-corrected chi connectivity index (χ4v) is 0.802. The van der Waals surface area contributed by atoms with E-state index in [9.17, 15) is 0 Å². The molecule has 0 amide bonds. The Morgan fingerprint density at radius 2 is 1.89 bits per heavy atom. The molecule has 4 heteroatoms. The molecule has 0 aliphatic heterocycles. The van der Waals surface area contributed by atoms with E-state index in [0.717, 1.165) is 12.8 Å². The SMILES string of the molecule is CCCC(N)C(Cl)(Cl)Cl. The molecule has 0 saturated carbocycles. The van der Waals surface area contributed by atoms with Crippen LogP contribution >= 0.6 is 34.8 Å². The van der Waals surface area contributed by atoms with Crippen molar-refractivity contribution in [2.45, 2.75) is 29.6 Å². The van der Waals surface area contributed by atoms with E-state index in [1.165, 1.54) is 0 Å². The minimum absolute atomic E-state index is 0.340. The lowest BCUT2D eigenvalue weighted by molar-refractivity contribution is 0.614. The first-order chi connectivity index (χ1) is 3.98. The van der Waals surface area contributed by atoms with Gasteiger partial charge in [-0.05, 0) is 6.42 Å². The van der Waals surface area contributed by atoms with Crippen LogP contribution in [-0.2, 0) is 0 Å². The fourth-order valence-electron chi connectivity index (χ4n) is 0.475. The molecule has 1 atom stereocenters. The van der Waals surface area contributed by atoms with Crippen molar-refractivity contribution in [1.82, 2.24) is 0 Å². The standard InChI is InChI=1S/C5H10Cl3N/c1-2-3-4(9)5(6,7)8/h4H,2-3,9H2,1H3. The Balaban J connectivity index is 3.59. The number of hydrogen-bond donors (Lipinski definition) is 1. The van der Waals surface area contributed by atoms with Gasteiger partial charge in [0.1, 0.15) is 0 Å². The predicted molar refractivity (Wildman–Crippen MR) is 43.2 cm³/mol. The largest absolute Gasteiger partial charge is 0.324 e. The molecule has 2 N–H and O–H groups in total. The Bertz CT molecular complexity index is 78.8. The lowest BCUT2D eigenvalue weighted by atomic mass is 10.2. The molecule has 56 valence electrons. The van der Waals surface area contributed by atoms with E-state index in [0.29, 0.717) is 0 Å². The smallest absolute Gasteiger partial charge is 0.205 e. The summed E-state index contributed by atoms with van der Waals surface area (Å²) in [6.07, 6.45) is 1.69. The van der Waals surface area contributed by atoms with Crippen LogP contribution in [0.5, 0.6) is 0 Å². The van der Waals surface area contributed by atoms with E-state index in [1.54, 1.807) is 0 Å². The van der Waals surface area contributed by atoms with Crippen molar-refractivity contribution in [2.75, 3.05) is 0 Å². The average molecular weight is 191 g/mol. The Morgan fingerprint density at radius 1 is 1.44 bits per heavy atom. The Morgan fingerprint density at radius 3 is 2.00 bits per heavy atom. The summed E-state index contributed by atoms with van der Waals surface area (Å²) in [5.74, 6) is 0. The average Bonchev–Trinajstić information content (AvgIpc) is 1.64. The molecule has 0 aliphatic carbocycles. The number of alkyl halides is 3. The number of nitrogens with two attached hydrogens (primary N) is 1. The molecule has 0 aliphatic rings. The third-order valence-corrected chi connectivity index (χ3v) is 1.86. The zero-order valence-electron chi connectivity index (χ0n) is 5.20. The van der Waals surface area contributed by atoms with Crippen LogP contribution in [-0.4, -0.2) is 9.83 Å². The van der Waals surface area contributed by atoms with Crippen LogP contribution in [0.25, 0.3) is 0 Å². The molecule has 0 bridgehead atoms. The highest BCUT2D eigenvalue weighted by Gasteiger charge is 2.27. The van der Waals surface area contributed by atoms with E-state index in [1.807, 2.05) is 6.92 Å². The van der Waals surface area contributed by atoms with Gasteiger partial charge in [0.25, 0.3) is 0 Å². The summed E-state index contributed by atoms with van der Waals surface area (Å²) in [6.45, 7) is 2.00. The van der Waals surface area contributed by atoms with E-state index >= 15 is 0 Å². The molecular weight excluding hydrogens is 180 g/mol. The van der Waals surface area contributed by atoms with Crippen molar-refractivity contribution in [2.24, 2.45) is 5.73 Å². The Labute approximate surface area is 70.4 Å². The maximum Gasteiger partial charge on any atom is 0.205 e. The maximum atomic E-state index is 5.47. The highest BCUT2D eigenvalue weighted by molar-refractivity contribution is 6.68. The van der Waals surface area contributed by atoms with Gasteiger partial charge in [-0.15, -0.1) is 0 Å². The van der Waals surface area contributed by atoms with Gasteiger partial charge in [-0.1, -0.05) is 48.1 Å². The summed E-state index contributed by atoms with van der Waals surface area (Å²) in [4.78, 5) is 0. The van der Waals surface area contributed by atoms with Crippen LogP contribution in [0.1, 0.15) is 19.8 Å². The van der Waals surface area contributed by atoms with Gasteiger partial charge in [0.05, 0.1) is 6.04 Å². The third-order valence-electron chi connectivity index (χ3n) is 1.02. The normalized spacial score (nSPS) is 15.7. The maximum absolute atomic E-state index is 5.47. The van der Waals surface area contributed by atoms with Crippen LogP contribution in [0, 0.1) is 0 Å². The van der Waals surface area contributed by atoms with Gasteiger partial charge in [-0.2, -0.15) is 0 Å².